The Balaban J connectivity index is 0.00000204. The molecule has 10 nitrogen and oxygen atoms in total. The maximum Gasteiger partial charge on any atom is 0.410 e. The zero-order valence-corrected chi connectivity index (χ0v) is 19.3. The molecule has 1 saturated heterocycles. The predicted molar refractivity (Wildman–Crippen MR) is 125 cm³/mol. The topological polar surface area (TPSA) is 142 Å². The number of aromatic amines is 1. The number of aromatic nitrogens is 2. The molecule has 2 aliphatic rings. The van der Waals surface area contributed by atoms with E-state index in [1.54, 1.807) is 29.2 Å². The molecule has 2 amide bonds. The number of ether oxygens (including phenoxy) is 1. The third-order valence-corrected chi connectivity index (χ3v) is 5.78. The molecular weight excluding hydrogens is 426 g/mol. The van der Waals surface area contributed by atoms with E-state index in [4.69, 9.17) is 9.94 Å². The third kappa shape index (κ3) is 5.82. The van der Waals surface area contributed by atoms with E-state index in [1.807, 2.05) is 31.7 Å². The molecule has 182 valence electrons. The summed E-state index contributed by atoms with van der Waals surface area (Å²) in [5.41, 5.74) is 4.04. The van der Waals surface area contributed by atoms with E-state index in [1.165, 1.54) is 0 Å². The van der Waals surface area contributed by atoms with Crippen LogP contribution in [0.1, 0.15) is 58.4 Å². The molecule has 10 heteroatoms. The molecule has 2 aromatic rings. The highest BCUT2D eigenvalue weighted by Crippen LogP contribution is 2.34. The van der Waals surface area contributed by atoms with Crippen LogP contribution in [0.2, 0.25) is 0 Å². The molecule has 2 heterocycles. The van der Waals surface area contributed by atoms with Crippen LogP contribution >= 0.6 is 0 Å². The van der Waals surface area contributed by atoms with Crippen molar-refractivity contribution < 1.29 is 26.4 Å². The lowest BCUT2D eigenvalue weighted by Gasteiger charge is -2.39. The fraction of sp³-hybridized carbons (Fsp3) is 0.522. The van der Waals surface area contributed by atoms with Gasteiger partial charge in [0.1, 0.15) is 11.3 Å². The molecule has 0 unspecified atom stereocenters. The van der Waals surface area contributed by atoms with Crippen LogP contribution in [0.25, 0.3) is 11.3 Å². The first kappa shape index (κ1) is 24.5. The van der Waals surface area contributed by atoms with Gasteiger partial charge in [-0.1, -0.05) is 12.1 Å². The second-order valence-electron chi connectivity index (χ2n) is 9.50. The van der Waals surface area contributed by atoms with Crippen LogP contribution in [0.3, 0.4) is 0 Å². The first-order chi connectivity index (χ1) is 15.2. The zero-order chi connectivity index (χ0) is 22.9. The van der Waals surface area contributed by atoms with E-state index in [9.17, 15) is 9.59 Å². The maximum atomic E-state index is 13.4. The van der Waals surface area contributed by atoms with E-state index in [-0.39, 0.29) is 31.0 Å². The number of carbonyl (C=O) groups is 2. The quantitative estimate of drug-likeness (QED) is 0.583. The van der Waals surface area contributed by atoms with Gasteiger partial charge in [0.25, 0.3) is 5.91 Å². The Labute approximate surface area is 194 Å². The zero-order valence-electron chi connectivity index (χ0n) is 19.3. The number of hydrogen-bond acceptors (Lipinski definition) is 6. The first-order valence-electron chi connectivity index (χ1n) is 11.1. The monoisotopic (exact) mass is 461 g/mol. The second kappa shape index (κ2) is 9.80. The number of H-pyrrole nitrogens is 1. The normalized spacial score (nSPS) is 16.7. The van der Waals surface area contributed by atoms with Gasteiger partial charge >= 0.3 is 6.09 Å². The summed E-state index contributed by atoms with van der Waals surface area (Å²) in [5, 5.41) is 16.3. The largest absolute Gasteiger partial charge is 0.444 e. The maximum absolute atomic E-state index is 13.4. The van der Waals surface area contributed by atoms with Crippen LogP contribution < -0.4 is 5.48 Å². The second-order valence-corrected chi connectivity index (χ2v) is 9.50. The minimum Gasteiger partial charge on any atom is -0.444 e. The van der Waals surface area contributed by atoms with Crippen molar-refractivity contribution in [1.82, 2.24) is 20.0 Å². The molecule has 1 aromatic heterocycles. The van der Waals surface area contributed by atoms with Crippen LogP contribution in [0.4, 0.5) is 10.5 Å². The van der Waals surface area contributed by atoms with Gasteiger partial charge in [0.15, 0.2) is 0 Å². The summed E-state index contributed by atoms with van der Waals surface area (Å²) in [6, 6.07) is 9.26. The summed E-state index contributed by atoms with van der Waals surface area (Å²) in [6.45, 7) is 6.73. The minimum absolute atomic E-state index is 0. The molecule has 1 aliphatic heterocycles. The number of nitrogens with zero attached hydrogens (tertiary/aromatic N) is 3. The average molecular weight is 462 g/mol. The summed E-state index contributed by atoms with van der Waals surface area (Å²) >= 11 is 0. The molecular formula is C23H35N5O5. The summed E-state index contributed by atoms with van der Waals surface area (Å²) in [4.78, 5) is 29.5. The molecule has 5 N–H and O–H groups in total. The molecule has 1 aliphatic carbocycles. The van der Waals surface area contributed by atoms with Gasteiger partial charge in [-0.15, -0.1) is 0 Å². The number of rotatable bonds is 5. The Bertz CT molecular complexity index is 980. The van der Waals surface area contributed by atoms with Gasteiger partial charge in [-0.05, 0) is 64.7 Å². The molecule has 2 fully saturated rings. The van der Waals surface area contributed by atoms with E-state index in [0.717, 1.165) is 31.2 Å². The van der Waals surface area contributed by atoms with Crippen molar-refractivity contribution in [2.24, 2.45) is 0 Å². The smallest absolute Gasteiger partial charge is 0.410 e. The summed E-state index contributed by atoms with van der Waals surface area (Å²) in [5.74, 6) is -0.0570. The van der Waals surface area contributed by atoms with Gasteiger partial charge in [0, 0.05) is 32.2 Å². The number of hydrogen-bond donors (Lipinski definition) is 3. The number of carbonyl (C=O) groups excluding carboxylic acids is 2. The SMILES string of the molecule is CC(C)(C)OC(=O)N1CCC(N(C(=O)c2cc(-c3cccc(NO)c3)n[nH]2)C2CC2)CC1.O.[HH]. The first-order valence-corrected chi connectivity index (χ1v) is 11.1. The van der Waals surface area contributed by atoms with Crippen molar-refractivity contribution in [2.45, 2.75) is 64.1 Å². The molecule has 0 radical (unpaired) electrons. The van der Waals surface area contributed by atoms with Gasteiger partial charge in [-0.25, -0.2) is 4.79 Å². The fourth-order valence-electron chi connectivity index (χ4n) is 4.10. The average Bonchev–Trinajstić information content (AvgIpc) is 3.47. The van der Waals surface area contributed by atoms with Crippen molar-refractivity contribution in [3.05, 3.63) is 36.0 Å². The highest BCUT2D eigenvalue weighted by atomic mass is 16.6. The Morgan fingerprint density at radius 1 is 1.18 bits per heavy atom. The summed E-state index contributed by atoms with van der Waals surface area (Å²) in [7, 11) is 0. The van der Waals surface area contributed by atoms with Crippen molar-refractivity contribution in [3.63, 3.8) is 0 Å². The van der Waals surface area contributed by atoms with Crippen molar-refractivity contribution in [1.29, 1.82) is 0 Å². The van der Waals surface area contributed by atoms with Gasteiger partial charge in [0.2, 0.25) is 0 Å². The number of nitrogens with one attached hydrogen (secondary N) is 2. The number of piperidine rings is 1. The molecule has 0 bridgehead atoms. The number of likely N-dealkylation sites (tertiary alicyclic amines) is 1. The van der Waals surface area contributed by atoms with Crippen molar-refractivity contribution in [2.75, 3.05) is 18.6 Å². The van der Waals surface area contributed by atoms with E-state index < -0.39 is 5.60 Å². The molecule has 33 heavy (non-hydrogen) atoms. The lowest BCUT2D eigenvalue weighted by molar-refractivity contribution is 0.0141. The summed E-state index contributed by atoms with van der Waals surface area (Å²) < 4.78 is 5.48. The molecule has 0 spiro atoms. The van der Waals surface area contributed by atoms with Gasteiger partial charge in [-0.3, -0.25) is 20.6 Å². The predicted octanol–water partition coefficient (Wildman–Crippen LogP) is 3.30. The fourth-order valence-corrected chi connectivity index (χ4v) is 4.10. The third-order valence-electron chi connectivity index (χ3n) is 5.78. The minimum atomic E-state index is -0.519. The summed E-state index contributed by atoms with van der Waals surface area (Å²) in [6.07, 6.45) is 3.17. The van der Waals surface area contributed by atoms with Crippen LogP contribution in [0, 0.1) is 0 Å². The molecule has 1 aromatic carbocycles. The molecule has 0 atom stereocenters. The Morgan fingerprint density at radius 3 is 2.45 bits per heavy atom. The van der Waals surface area contributed by atoms with E-state index in [2.05, 4.69) is 15.7 Å². The molecule has 1 saturated carbocycles. The lowest BCUT2D eigenvalue weighted by atomic mass is 10.0. The van der Waals surface area contributed by atoms with Crippen LogP contribution in [-0.2, 0) is 4.74 Å². The standard InChI is InChI=1S/C23H31N5O4.H2O.H2/c1-23(2,3)32-22(30)27-11-9-18(10-12-27)28(17-7-8-17)21(29)20-14-19(24-25-20)15-5-4-6-16(13-15)26-31;;/h4-6,13-14,17-18,26,31H,7-12H2,1-3H3,(H,24,25);1H2;1H. The Morgan fingerprint density at radius 2 is 1.85 bits per heavy atom. The van der Waals surface area contributed by atoms with E-state index >= 15 is 0 Å². The number of anilines is 1. The van der Waals surface area contributed by atoms with Gasteiger partial charge in [-0.2, -0.15) is 5.10 Å². The van der Waals surface area contributed by atoms with Gasteiger partial charge < -0.3 is 20.0 Å². The number of benzene rings is 1. The van der Waals surface area contributed by atoms with Crippen LogP contribution in [-0.4, -0.2) is 73.5 Å². The van der Waals surface area contributed by atoms with Crippen molar-refractivity contribution >= 4 is 17.7 Å². The highest BCUT2D eigenvalue weighted by Gasteiger charge is 2.40. The van der Waals surface area contributed by atoms with Crippen molar-refractivity contribution in [3.8, 4) is 11.3 Å². The van der Waals surface area contributed by atoms with Crippen LogP contribution in [0.15, 0.2) is 30.3 Å². The Kier molecular flexibility index (Phi) is 7.28. The highest BCUT2D eigenvalue weighted by molar-refractivity contribution is 5.94. The Hall–Kier alpha value is -3.11. The van der Waals surface area contributed by atoms with Crippen LogP contribution in [0.5, 0.6) is 0 Å². The number of amides is 2. The van der Waals surface area contributed by atoms with E-state index in [0.29, 0.717) is 30.2 Å². The molecule has 4 rings (SSSR count). The van der Waals surface area contributed by atoms with Gasteiger partial charge in [0.05, 0.1) is 11.4 Å². The lowest BCUT2D eigenvalue weighted by Crippen LogP contribution is -2.50.